The molecule has 0 unspecified atom stereocenters. The second-order valence-corrected chi connectivity index (χ2v) is 5.38. The lowest BCUT2D eigenvalue weighted by atomic mass is 10.1. The van der Waals surface area contributed by atoms with Crippen molar-refractivity contribution in [3.63, 3.8) is 0 Å². The molecule has 0 saturated heterocycles. The van der Waals surface area contributed by atoms with Crippen LogP contribution in [-0.2, 0) is 0 Å². The van der Waals surface area contributed by atoms with Crippen LogP contribution < -0.4 is 5.32 Å². The summed E-state index contributed by atoms with van der Waals surface area (Å²) in [6.45, 7) is 0. The molecular weight excluding hydrogens is 334 g/mol. The van der Waals surface area contributed by atoms with Gasteiger partial charge in [0.1, 0.15) is 0 Å². The Labute approximate surface area is 150 Å². The van der Waals surface area contributed by atoms with Gasteiger partial charge >= 0.3 is 0 Å². The highest BCUT2D eigenvalue weighted by molar-refractivity contribution is 6.08. The summed E-state index contributed by atoms with van der Waals surface area (Å²) in [7, 11) is 0. The van der Waals surface area contributed by atoms with Gasteiger partial charge in [-0.15, -0.1) is 12.4 Å². The van der Waals surface area contributed by atoms with Crippen LogP contribution in [0.1, 0.15) is 0 Å². The molecule has 1 heterocycles. The Kier molecular flexibility index (Phi) is 4.70. The Morgan fingerprint density at radius 1 is 0.800 bits per heavy atom. The van der Waals surface area contributed by atoms with Crippen LogP contribution >= 0.6 is 12.4 Å². The first-order valence-electron chi connectivity index (χ1n) is 7.55. The molecule has 0 fully saturated rings. The second-order valence-electron chi connectivity index (χ2n) is 5.38. The van der Waals surface area contributed by atoms with E-state index in [2.05, 4.69) is 27.5 Å². The van der Waals surface area contributed by atoms with Crippen molar-refractivity contribution in [2.45, 2.75) is 0 Å². The van der Waals surface area contributed by atoms with Crippen molar-refractivity contribution in [1.29, 1.82) is 0 Å². The molecule has 0 aliphatic carbocycles. The first-order valence-corrected chi connectivity index (χ1v) is 7.55. The van der Waals surface area contributed by atoms with Gasteiger partial charge in [-0.3, -0.25) is 0 Å². The fraction of sp³-hybridized carbons (Fsp3) is 0. The predicted octanol–water partition coefficient (Wildman–Crippen LogP) is 6.50. The number of benzene rings is 3. The molecule has 25 heavy (non-hydrogen) atoms. The maximum absolute atomic E-state index is 8.50. The summed E-state index contributed by atoms with van der Waals surface area (Å²) in [6, 6.07) is 23.5. The van der Waals surface area contributed by atoms with Gasteiger partial charge in [0.15, 0.2) is 0 Å². The Hall–Kier alpha value is -3.27. The minimum absolute atomic E-state index is 0. The number of para-hydroxylation sites is 2. The highest BCUT2D eigenvalue weighted by Gasteiger charge is 2.08. The van der Waals surface area contributed by atoms with E-state index in [4.69, 9.17) is 10.5 Å². The van der Waals surface area contributed by atoms with E-state index in [-0.39, 0.29) is 12.4 Å². The summed E-state index contributed by atoms with van der Waals surface area (Å²) >= 11 is 0. The number of hydrogen-bond acceptors (Lipinski definition) is 3. The number of anilines is 2. The molecule has 5 nitrogen and oxygen atoms in total. The van der Waals surface area contributed by atoms with Crippen LogP contribution in [0.15, 0.2) is 77.9 Å². The lowest BCUT2D eigenvalue weighted by Gasteiger charge is -2.13. The minimum atomic E-state index is 0. The lowest BCUT2D eigenvalue weighted by Crippen LogP contribution is -1.94. The van der Waals surface area contributed by atoms with E-state index in [1.165, 1.54) is 0 Å². The van der Waals surface area contributed by atoms with Crippen molar-refractivity contribution >= 4 is 51.3 Å². The third kappa shape index (κ3) is 3.19. The zero-order chi connectivity index (χ0) is 16.4. The number of nitrogens with zero attached hydrogens (tertiary/aromatic N) is 4. The molecule has 122 valence electrons. The maximum atomic E-state index is 8.50. The number of fused-ring (bicyclic) bond motifs is 2. The van der Waals surface area contributed by atoms with Crippen molar-refractivity contribution < 1.29 is 0 Å². The largest absolute Gasteiger partial charge is 0.354 e. The summed E-state index contributed by atoms with van der Waals surface area (Å²) in [5, 5.41) is 9.21. The third-order valence-corrected chi connectivity index (χ3v) is 3.88. The highest BCUT2D eigenvalue weighted by Crippen LogP contribution is 2.33. The first-order chi connectivity index (χ1) is 11.8. The Balaban J connectivity index is 0.00000182. The standard InChI is InChI=1S/C19H13N5.ClH/c20-24-23-14-11-9-13(10-12-14)21-19-15-5-1-3-7-17(15)22-18-8-4-2-6-16(18)19;/h1-12H,(H,21,22);1H. The van der Waals surface area contributed by atoms with Gasteiger partial charge in [-0.25, -0.2) is 4.98 Å². The predicted molar refractivity (Wildman–Crippen MR) is 105 cm³/mol. The molecule has 0 saturated carbocycles. The topological polar surface area (TPSA) is 73.7 Å². The summed E-state index contributed by atoms with van der Waals surface area (Å²) < 4.78 is 0. The van der Waals surface area contributed by atoms with Gasteiger partial charge in [-0.2, -0.15) is 0 Å². The van der Waals surface area contributed by atoms with Gasteiger partial charge in [0.2, 0.25) is 0 Å². The number of hydrogen-bond donors (Lipinski definition) is 1. The van der Waals surface area contributed by atoms with E-state index < -0.39 is 0 Å². The quantitative estimate of drug-likeness (QED) is 0.199. The minimum Gasteiger partial charge on any atom is -0.354 e. The average molecular weight is 348 g/mol. The molecule has 0 atom stereocenters. The Morgan fingerprint density at radius 3 is 1.92 bits per heavy atom. The fourth-order valence-corrected chi connectivity index (χ4v) is 2.78. The smallest absolute Gasteiger partial charge is 0.0730 e. The van der Waals surface area contributed by atoms with Gasteiger partial charge in [-0.1, -0.05) is 53.6 Å². The monoisotopic (exact) mass is 347 g/mol. The summed E-state index contributed by atoms with van der Waals surface area (Å²) in [5.74, 6) is 0. The van der Waals surface area contributed by atoms with E-state index in [1.54, 1.807) is 12.1 Å². The fourth-order valence-electron chi connectivity index (χ4n) is 2.78. The van der Waals surface area contributed by atoms with Crippen LogP contribution in [0, 0.1) is 0 Å². The van der Waals surface area contributed by atoms with Gasteiger partial charge in [0.05, 0.1) is 16.7 Å². The first kappa shape index (κ1) is 16.6. The molecule has 6 heteroatoms. The SMILES string of the molecule is Cl.[N-]=[N+]=Nc1ccc(Nc2c3ccccc3nc3ccccc23)cc1. The van der Waals surface area contributed by atoms with Crippen molar-refractivity contribution in [1.82, 2.24) is 4.98 Å². The van der Waals surface area contributed by atoms with Gasteiger partial charge in [0.25, 0.3) is 0 Å². The molecule has 1 N–H and O–H groups in total. The maximum Gasteiger partial charge on any atom is 0.0730 e. The molecule has 1 aromatic heterocycles. The van der Waals surface area contributed by atoms with Crippen LogP contribution in [0.25, 0.3) is 32.2 Å². The molecule has 0 radical (unpaired) electrons. The van der Waals surface area contributed by atoms with Crippen molar-refractivity contribution in [2.24, 2.45) is 5.11 Å². The van der Waals surface area contributed by atoms with Gasteiger partial charge in [-0.05, 0) is 29.8 Å². The lowest BCUT2D eigenvalue weighted by molar-refractivity contribution is 1.46. The average Bonchev–Trinajstić information content (AvgIpc) is 2.63. The number of rotatable bonds is 3. The van der Waals surface area contributed by atoms with Crippen LogP contribution in [0.2, 0.25) is 0 Å². The molecule has 4 rings (SSSR count). The normalized spacial score (nSPS) is 10.1. The summed E-state index contributed by atoms with van der Waals surface area (Å²) in [6.07, 6.45) is 0. The molecule has 4 aromatic rings. The Bertz CT molecular complexity index is 1030. The van der Waals surface area contributed by atoms with Crippen LogP contribution in [0.4, 0.5) is 17.1 Å². The van der Waals surface area contributed by atoms with E-state index in [0.717, 1.165) is 33.2 Å². The van der Waals surface area contributed by atoms with E-state index >= 15 is 0 Å². The summed E-state index contributed by atoms with van der Waals surface area (Å²) in [5.41, 5.74) is 12.9. The molecule has 0 aliphatic rings. The molecule has 0 bridgehead atoms. The van der Waals surface area contributed by atoms with E-state index in [0.29, 0.717) is 5.69 Å². The van der Waals surface area contributed by atoms with Crippen molar-refractivity contribution in [3.8, 4) is 0 Å². The Morgan fingerprint density at radius 2 is 1.36 bits per heavy atom. The van der Waals surface area contributed by atoms with E-state index in [1.807, 2.05) is 48.5 Å². The zero-order valence-corrected chi connectivity index (χ0v) is 13.9. The molecule has 3 aromatic carbocycles. The number of pyridine rings is 1. The second kappa shape index (κ2) is 7.09. The number of azide groups is 1. The van der Waals surface area contributed by atoms with Crippen molar-refractivity contribution in [3.05, 3.63) is 83.2 Å². The van der Waals surface area contributed by atoms with Crippen LogP contribution in [0.3, 0.4) is 0 Å². The third-order valence-electron chi connectivity index (χ3n) is 3.88. The van der Waals surface area contributed by atoms with Crippen LogP contribution in [0.5, 0.6) is 0 Å². The summed E-state index contributed by atoms with van der Waals surface area (Å²) in [4.78, 5) is 7.52. The molecule has 0 spiro atoms. The van der Waals surface area contributed by atoms with Crippen molar-refractivity contribution in [2.75, 3.05) is 5.32 Å². The van der Waals surface area contributed by atoms with E-state index in [9.17, 15) is 0 Å². The number of aromatic nitrogens is 1. The number of nitrogens with one attached hydrogen (secondary N) is 1. The highest BCUT2D eigenvalue weighted by atomic mass is 35.5. The zero-order valence-electron chi connectivity index (χ0n) is 13.1. The van der Waals surface area contributed by atoms with Crippen LogP contribution in [-0.4, -0.2) is 4.98 Å². The molecule has 0 aliphatic heterocycles. The van der Waals surface area contributed by atoms with Gasteiger partial charge < -0.3 is 5.32 Å². The van der Waals surface area contributed by atoms with Gasteiger partial charge in [0, 0.05) is 27.1 Å². The molecule has 0 amide bonds. The number of halogens is 1. The molecular formula is C19H14ClN5.